The zero-order valence-electron chi connectivity index (χ0n) is 16.3. The highest BCUT2D eigenvalue weighted by atomic mass is 31.2. The monoisotopic (exact) mass is 360 g/mol. The molecule has 1 aliphatic rings. The summed E-state index contributed by atoms with van der Waals surface area (Å²) in [5.41, 5.74) is 1.21. The molecule has 0 unspecified atom stereocenters. The van der Waals surface area contributed by atoms with Crippen LogP contribution in [0.1, 0.15) is 55.4 Å². The Balaban J connectivity index is 3.25. The van der Waals surface area contributed by atoms with Gasteiger partial charge in [-0.3, -0.25) is 13.6 Å². The van der Waals surface area contributed by atoms with E-state index in [9.17, 15) is 9.67 Å². The molecule has 140 valence electrons. The van der Waals surface area contributed by atoms with Crippen molar-refractivity contribution in [2.24, 2.45) is 10.8 Å². The minimum atomic E-state index is -3.64. The first-order valence-corrected chi connectivity index (χ1v) is 10.00. The topological polar surface area (TPSA) is 65.0 Å². The van der Waals surface area contributed by atoms with Crippen LogP contribution < -0.4 is 0 Å². The molecule has 0 fully saturated rings. The van der Waals surface area contributed by atoms with Crippen LogP contribution in [0.5, 0.6) is 0 Å². The number of rotatable bonds is 6. The molecule has 0 atom stereocenters. The van der Waals surface area contributed by atoms with Gasteiger partial charge in [0.25, 0.3) is 0 Å². The van der Waals surface area contributed by atoms with Crippen molar-refractivity contribution in [2.45, 2.75) is 67.6 Å². The fourth-order valence-electron chi connectivity index (χ4n) is 2.70. The molecule has 0 aromatic heterocycles. The summed E-state index contributed by atoms with van der Waals surface area (Å²) in [6.45, 7) is 16.2. The van der Waals surface area contributed by atoms with E-state index >= 15 is 0 Å². The average molecular weight is 360 g/mol. The molecule has 1 N–H and O–H groups in total. The highest BCUT2D eigenvalue weighted by Gasteiger charge is 2.38. The number of phosphoric ester groups is 1. The Labute approximate surface area is 146 Å². The summed E-state index contributed by atoms with van der Waals surface area (Å²) in [5.74, 6) is 0. The van der Waals surface area contributed by atoms with Gasteiger partial charge >= 0.3 is 7.82 Å². The summed E-state index contributed by atoms with van der Waals surface area (Å²) in [6.07, 6.45) is 2.40. The minimum absolute atomic E-state index is 0.234. The summed E-state index contributed by atoms with van der Waals surface area (Å²) in [7, 11) is -3.64. The summed E-state index contributed by atoms with van der Waals surface area (Å²) in [6, 6.07) is 0. The van der Waals surface area contributed by atoms with Crippen molar-refractivity contribution in [3.8, 4) is 0 Å². The first-order valence-electron chi connectivity index (χ1n) is 8.54. The Bertz CT molecular complexity index is 495. The predicted molar refractivity (Wildman–Crippen MR) is 96.8 cm³/mol. The van der Waals surface area contributed by atoms with Crippen molar-refractivity contribution in [3.63, 3.8) is 0 Å². The van der Waals surface area contributed by atoms with Gasteiger partial charge in [0.15, 0.2) is 0 Å². The first-order chi connectivity index (χ1) is 10.8. The van der Waals surface area contributed by atoms with E-state index in [4.69, 9.17) is 13.6 Å². The van der Waals surface area contributed by atoms with Crippen LogP contribution in [0.25, 0.3) is 0 Å². The molecule has 0 bridgehead atoms. The molecule has 0 amide bonds. The lowest BCUT2D eigenvalue weighted by Gasteiger charge is -2.38. The van der Waals surface area contributed by atoms with Crippen LogP contribution in [-0.2, 0) is 18.1 Å². The second-order valence-electron chi connectivity index (χ2n) is 8.00. The number of hydrogen-bond acceptors (Lipinski definition) is 5. The fraction of sp³-hybridized carbons (Fsp3) is 0.778. The van der Waals surface area contributed by atoms with E-state index in [1.807, 2.05) is 53.7 Å². The third-order valence-electron chi connectivity index (χ3n) is 3.83. The zero-order valence-corrected chi connectivity index (χ0v) is 17.1. The van der Waals surface area contributed by atoms with Crippen molar-refractivity contribution in [3.05, 3.63) is 23.3 Å². The first kappa shape index (κ1) is 21.6. The van der Waals surface area contributed by atoms with Gasteiger partial charge in [-0.05, 0) is 48.0 Å². The van der Waals surface area contributed by atoms with Crippen LogP contribution in [0.2, 0.25) is 0 Å². The van der Waals surface area contributed by atoms with E-state index in [0.717, 1.165) is 11.1 Å². The lowest BCUT2D eigenvalue weighted by atomic mass is 9.71. The van der Waals surface area contributed by atoms with Gasteiger partial charge in [0, 0.05) is 0 Å². The summed E-state index contributed by atoms with van der Waals surface area (Å²) >= 11 is 0. The maximum absolute atomic E-state index is 12.7. The van der Waals surface area contributed by atoms with Gasteiger partial charge in [0.2, 0.25) is 0 Å². The Morgan fingerprint density at radius 3 is 1.62 bits per heavy atom. The molecule has 6 heteroatoms. The molecule has 1 aliphatic carbocycles. The van der Waals surface area contributed by atoms with Gasteiger partial charge in [-0.1, -0.05) is 41.5 Å². The quantitative estimate of drug-likeness (QED) is 0.541. The molecule has 0 spiro atoms. The average Bonchev–Trinajstić information content (AvgIpc) is 2.38. The van der Waals surface area contributed by atoms with E-state index < -0.39 is 20.0 Å². The zero-order chi connectivity index (χ0) is 18.8. The molecule has 1 rings (SSSR count). The van der Waals surface area contributed by atoms with Crippen LogP contribution >= 0.6 is 7.82 Å². The second kappa shape index (κ2) is 7.84. The maximum Gasteiger partial charge on any atom is 0.475 e. The summed E-state index contributed by atoms with van der Waals surface area (Å²) in [4.78, 5) is 0. The predicted octanol–water partition coefficient (Wildman–Crippen LogP) is 4.87. The molecule has 0 aliphatic heterocycles. The van der Waals surface area contributed by atoms with Crippen molar-refractivity contribution < 1.29 is 23.2 Å². The molecule has 0 heterocycles. The fourth-order valence-corrected chi connectivity index (χ4v) is 3.95. The van der Waals surface area contributed by atoms with Crippen LogP contribution in [0, 0.1) is 10.8 Å². The smallest absolute Gasteiger partial charge is 0.384 e. The van der Waals surface area contributed by atoms with E-state index in [0.29, 0.717) is 0 Å². The van der Waals surface area contributed by atoms with Crippen molar-refractivity contribution >= 4 is 7.82 Å². The van der Waals surface area contributed by atoms with Gasteiger partial charge in [0.1, 0.15) is 6.10 Å². The summed E-state index contributed by atoms with van der Waals surface area (Å²) < 4.78 is 28.9. The van der Waals surface area contributed by atoms with Gasteiger partial charge in [-0.15, -0.1) is 0 Å². The Kier molecular flexibility index (Phi) is 7.05. The number of aliphatic hydroxyl groups excluding tert-OH is 1. The van der Waals surface area contributed by atoms with Crippen molar-refractivity contribution in [2.75, 3.05) is 13.2 Å². The molecule has 0 radical (unpaired) electrons. The van der Waals surface area contributed by atoms with Crippen molar-refractivity contribution in [1.82, 2.24) is 0 Å². The molecule has 5 nitrogen and oxygen atoms in total. The lowest BCUT2D eigenvalue weighted by molar-refractivity contribution is 0.107. The van der Waals surface area contributed by atoms with E-state index in [-0.39, 0.29) is 24.0 Å². The molecule has 0 saturated heterocycles. The Hall–Kier alpha value is -0.450. The van der Waals surface area contributed by atoms with Gasteiger partial charge < -0.3 is 5.11 Å². The molecule has 0 saturated carbocycles. The third-order valence-corrected chi connectivity index (χ3v) is 5.48. The normalized spacial score (nSPS) is 23.0. The lowest BCUT2D eigenvalue weighted by Crippen LogP contribution is -2.34. The molecular formula is C18H33O5P. The third kappa shape index (κ3) is 5.53. The number of phosphoric acid groups is 1. The van der Waals surface area contributed by atoms with E-state index in [2.05, 4.69) is 0 Å². The number of hydrogen-bond donors (Lipinski definition) is 1. The second-order valence-corrected chi connectivity index (χ2v) is 9.62. The Morgan fingerprint density at radius 1 is 0.958 bits per heavy atom. The van der Waals surface area contributed by atoms with Gasteiger partial charge in [-0.2, -0.15) is 0 Å². The van der Waals surface area contributed by atoms with Crippen LogP contribution in [0.3, 0.4) is 0 Å². The van der Waals surface area contributed by atoms with Gasteiger partial charge in [-0.25, -0.2) is 4.57 Å². The van der Waals surface area contributed by atoms with Crippen LogP contribution in [-0.4, -0.2) is 30.5 Å². The standard InChI is InChI=1S/C18H33O5P/c1-9-21-24(20,22-10-2)23-13-11-14(17(3,4)5)16(19)15(12-13)18(6,7)8/h11-13,16,19H,9-10H2,1-8H3. The molecule has 24 heavy (non-hydrogen) atoms. The highest BCUT2D eigenvalue weighted by molar-refractivity contribution is 7.48. The minimum Gasteiger partial charge on any atom is -0.384 e. The largest absolute Gasteiger partial charge is 0.475 e. The Morgan fingerprint density at radius 2 is 1.33 bits per heavy atom. The molecular weight excluding hydrogens is 327 g/mol. The van der Waals surface area contributed by atoms with E-state index in [1.165, 1.54) is 0 Å². The van der Waals surface area contributed by atoms with Gasteiger partial charge in [0.05, 0.1) is 19.3 Å². The highest BCUT2D eigenvalue weighted by Crippen LogP contribution is 2.52. The maximum atomic E-state index is 12.7. The van der Waals surface area contributed by atoms with E-state index in [1.54, 1.807) is 13.8 Å². The molecule has 0 aromatic carbocycles. The summed E-state index contributed by atoms with van der Waals surface area (Å²) in [5, 5.41) is 10.8. The van der Waals surface area contributed by atoms with Crippen LogP contribution in [0.15, 0.2) is 23.3 Å². The SMILES string of the molecule is CCOP(=O)(OCC)OC1C=C(C(C)(C)C)C(O)C(C(C)(C)C)=C1. The number of aliphatic hydroxyl groups is 1. The van der Waals surface area contributed by atoms with Crippen molar-refractivity contribution in [1.29, 1.82) is 0 Å². The van der Waals surface area contributed by atoms with Crippen LogP contribution in [0.4, 0.5) is 0 Å². The molecule has 0 aromatic rings.